The van der Waals surface area contributed by atoms with E-state index in [-0.39, 0.29) is 4.70 Å². The summed E-state index contributed by atoms with van der Waals surface area (Å²) in [6.45, 7) is 0.551. The average molecular weight is 170 g/mol. The van der Waals surface area contributed by atoms with Gasteiger partial charge in [0.25, 0.3) is 0 Å². The minimum absolute atomic E-state index is 0. The first kappa shape index (κ1) is 10.6. The molecule has 0 aliphatic heterocycles. The van der Waals surface area contributed by atoms with Crippen LogP contribution in [0, 0.1) is 5.41 Å². The Labute approximate surface area is 70.3 Å². The van der Waals surface area contributed by atoms with E-state index in [9.17, 15) is 0 Å². The summed E-state index contributed by atoms with van der Waals surface area (Å²) in [5.41, 5.74) is 0. The minimum atomic E-state index is 0. The fourth-order valence-corrected chi connectivity index (χ4v) is 0.668. The van der Waals surface area contributed by atoms with Crippen LogP contribution in [0.1, 0.15) is 6.42 Å². The molecule has 0 saturated carbocycles. The molecule has 66 valence electrons. The number of hydrogen-bond acceptors (Lipinski definition) is 3. The molecule has 0 atom stereocenters. The van der Waals surface area contributed by atoms with Gasteiger partial charge in [-0.2, -0.15) is 0 Å². The SMILES string of the molecule is F.N=CCCOc1cccnc1. The molecule has 4 heteroatoms. The fourth-order valence-electron chi connectivity index (χ4n) is 0.668. The monoisotopic (exact) mass is 170 g/mol. The molecule has 1 aromatic heterocycles. The molecule has 0 saturated heterocycles. The fraction of sp³-hybridized carbons (Fsp3) is 0.250. The molecule has 0 amide bonds. The Morgan fingerprint density at radius 2 is 2.42 bits per heavy atom. The third-order valence-electron chi connectivity index (χ3n) is 1.17. The van der Waals surface area contributed by atoms with Gasteiger partial charge >= 0.3 is 0 Å². The molecule has 0 aliphatic carbocycles. The second kappa shape index (κ2) is 6.27. The van der Waals surface area contributed by atoms with Crippen molar-refractivity contribution >= 4 is 6.21 Å². The van der Waals surface area contributed by atoms with Gasteiger partial charge in [-0.05, 0) is 18.3 Å². The van der Waals surface area contributed by atoms with Crippen molar-refractivity contribution in [3.05, 3.63) is 24.5 Å². The van der Waals surface area contributed by atoms with Gasteiger partial charge in [-0.25, -0.2) is 0 Å². The van der Waals surface area contributed by atoms with Crippen LogP contribution in [0.25, 0.3) is 0 Å². The zero-order valence-corrected chi connectivity index (χ0v) is 6.56. The number of pyridine rings is 1. The lowest BCUT2D eigenvalue weighted by atomic mass is 10.4. The first-order chi connectivity index (χ1) is 5.43. The van der Waals surface area contributed by atoms with E-state index in [0.717, 1.165) is 5.75 Å². The van der Waals surface area contributed by atoms with E-state index < -0.39 is 0 Å². The van der Waals surface area contributed by atoms with Gasteiger partial charge in [0.05, 0.1) is 12.8 Å². The summed E-state index contributed by atoms with van der Waals surface area (Å²) in [5, 5.41) is 6.75. The highest BCUT2D eigenvalue weighted by Crippen LogP contribution is 2.05. The van der Waals surface area contributed by atoms with Crippen LogP contribution in [0.3, 0.4) is 0 Å². The normalized spacial score (nSPS) is 8.33. The zero-order valence-electron chi connectivity index (χ0n) is 6.56. The van der Waals surface area contributed by atoms with Crippen molar-refractivity contribution in [3.63, 3.8) is 0 Å². The standard InChI is InChI=1S/C8H10N2O.FH/c9-4-2-6-11-8-3-1-5-10-7-8;/h1,3-5,7,9H,2,6H2;1H. The highest BCUT2D eigenvalue weighted by Gasteiger charge is 1.88. The van der Waals surface area contributed by atoms with Gasteiger partial charge in [0.1, 0.15) is 5.75 Å². The molecule has 1 N–H and O–H groups in total. The van der Waals surface area contributed by atoms with Crippen LogP contribution >= 0.6 is 0 Å². The van der Waals surface area contributed by atoms with Crippen LogP contribution in [0.15, 0.2) is 24.5 Å². The summed E-state index contributed by atoms with van der Waals surface area (Å²) in [6, 6.07) is 3.66. The van der Waals surface area contributed by atoms with E-state index in [4.69, 9.17) is 10.1 Å². The van der Waals surface area contributed by atoms with Crippen molar-refractivity contribution in [3.8, 4) is 5.75 Å². The highest BCUT2D eigenvalue weighted by atomic mass is 19.0. The Hall–Kier alpha value is -1.45. The summed E-state index contributed by atoms with van der Waals surface area (Å²) in [6.07, 6.45) is 5.33. The third kappa shape index (κ3) is 3.65. The van der Waals surface area contributed by atoms with Crippen molar-refractivity contribution in [1.29, 1.82) is 5.41 Å². The molecule has 0 spiro atoms. The molecule has 0 aromatic carbocycles. The second-order valence-corrected chi connectivity index (χ2v) is 2.03. The van der Waals surface area contributed by atoms with Crippen molar-refractivity contribution in [2.45, 2.75) is 6.42 Å². The van der Waals surface area contributed by atoms with E-state index in [2.05, 4.69) is 4.98 Å². The molecule has 0 bridgehead atoms. The quantitative estimate of drug-likeness (QED) is 0.551. The van der Waals surface area contributed by atoms with Crippen molar-refractivity contribution in [1.82, 2.24) is 4.98 Å². The first-order valence-electron chi connectivity index (χ1n) is 3.45. The van der Waals surface area contributed by atoms with E-state index in [1.165, 1.54) is 6.21 Å². The zero-order chi connectivity index (χ0) is 7.94. The molecular weight excluding hydrogens is 159 g/mol. The van der Waals surface area contributed by atoms with E-state index >= 15 is 0 Å². The van der Waals surface area contributed by atoms with Crippen LogP contribution in [-0.4, -0.2) is 17.8 Å². The number of halogens is 1. The number of nitrogens with zero attached hydrogens (tertiary/aromatic N) is 1. The molecular formula is C8H11FN2O. The Morgan fingerprint density at radius 1 is 1.58 bits per heavy atom. The van der Waals surface area contributed by atoms with Crippen LogP contribution < -0.4 is 4.74 Å². The summed E-state index contributed by atoms with van der Waals surface area (Å²) in [7, 11) is 0. The van der Waals surface area contributed by atoms with Gasteiger partial charge in [0, 0.05) is 12.6 Å². The number of ether oxygens (including phenoxy) is 1. The topological polar surface area (TPSA) is 46.0 Å². The third-order valence-corrected chi connectivity index (χ3v) is 1.17. The molecule has 1 rings (SSSR count). The number of nitrogens with one attached hydrogen (secondary N) is 1. The minimum Gasteiger partial charge on any atom is -0.492 e. The maximum atomic E-state index is 6.75. The van der Waals surface area contributed by atoms with Crippen LogP contribution in [0.5, 0.6) is 5.75 Å². The van der Waals surface area contributed by atoms with Gasteiger partial charge in [-0.3, -0.25) is 9.69 Å². The van der Waals surface area contributed by atoms with E-state index in [1.807, 2.05) is 12.1 Å². The van der Waals surface area contributed by atoms with Gasteiger partial charge in [-0.1, -0.05) is 0 Å². The Kier molecular flexibility index (Phi) is 5.51. The molecule has 0 radical (unpaired) electrons. The van der Waals surface area contributed by atoms with Crippen molar-refractivity contribution in [2.75, 3.05) is 6.61 Å². The van der Waals surface area contributed by atoms with Gasteiger partial charge < -0.3 is 10.1 Å². The number of hydrogen-bond donors (Lipinski definition) is 1. The predicted molar refractivity (Wildman–Crippen MR) is 45.6 cm³/mol. The van der Waals surface area contributed by atoms with Crippen LogP contribution in [-0.2, 0) is 0 Å². The Morgan fingerprint density at radius 3 is 3.00 bits per heavy atom. The maximum Gasteiger partial charge on any atom is 0.137 e. The lowest BCUT2D eigenvalue weighted by Crippen LogP contribution is -1.97. The Bertz CT molecular complexity index is 216. The van der Waals surface area contributed by atoms with Gasteiger partial charge in [-0.15, -0.1) is 0 Å². The molecule has 0 unspecified atom stereocenters. The summed E-state index contributed by atoms with van der Waals surface area (Å²) in [5.74, 6) is 0.759. The lowest BCUT2D eigenvalue weighted by molar-refractivity contribution is 0.329. The van der Waals surface area contributed by atoms with Crippen molar-refractivity contribution in [2.24, 2.45) is 0 Å². The molecule has 3 nitrogen and oxygen atoms in total. The van der Waals surface area contributed by atoms with Gasteiger partial charge in [0.15, 0.2) is 0 Å². The summed E-state index contributed by atoms with van der Waals surface area (Å²) >= 11 is 0. The molecule has 0 aliphatic rings. The summed E-state index contributed by atoms with van der Waals surface area (Å²) in [4.78, 5) is 3.88. The highest BCUT2D eigenvalue weighted by molar-refractivity contribution is 5.52. The van der Waals surface area contributed by atoms with E-state index in [1.54, 1.807) is 12.4 Å². The average Bonchev–Trinajstić information content (AvgIpc) is 2.07. The predicted octanol–water partition coefficient (Wildman–Crippen LogP) is 1.65. The van der Waals surface area contributed by atoms with Crippen LogP contribution in [0.4, 0.5) is 4.70 Å². The lowest BCUT2D eigenvalue weighted by Gasteiger charge is -2.01. The maximum absolute atomic E-state index is 6.75. The molecule has 0 fully saturated rings. The molecule has 1 heterocycles. The number of aromatic nitrogens is 1. The second-order valence-electron chi connectivity index (χ2n) is 2.03. The largest absolute Gasteiger partial charge is 0.492 e. The van der Waals surface area contributed by atoms with Crippen molar-refractivity contribution < 1.29 is 9.44 Å². The van der Waals surface area contributed by atoms with Crippen LogP contribution in [0.2, 0.25) is 0 Å². The summed E-state index contributed by atoms with van der Waals surface area (Å²) < 4.78 is 5.23. The first-order valence-corrected chi connectivity index (χ1v) is 3.45. The van der Waals surface area contributed by atoms with E-state index in [0.29, 0.717) is 13.0 Å². The Balaban J connectivity index is 0.00000121. The van der Waals surface area contributed by atoms with Gasteiger partial charge in [0.2, 0.25) is 0 Å². The molecule has 1 aromatic rings. The molecule has 12 heavy (non-hydrogen) atoms. The number of rotatable bonds is 4. The smallest absolute Gasteiger partial charge is 0.137 e.